The van der Waals surface area contributed by atoms with Crippen molar-refractivity contribution in [2.75, 3.05) is 40.1 Å². The third-order valence-electron chi connectivity index (χ3n) is 5.94. The number of nitrogens with one attached hydrogen (secondary N) is 1. The number of nitrogens with zero attached hydrogens (tertiary/aromatic N) is 3. The van der Waals surface area contributed by atoms with Crippen LogP contribution in [0.3, 0.4) is 0 Å². The molecule has 1 aromatic heterocycles. The SMILES string of the molecule is COCOCC(C)(C)NCCN1CCCC1C(=O)c1nnc(C2CCCCC2)o1. The Morgan fingerprint density at radius 2 is 2.00 bits per heavy atom. The van der Waals surface area contributed by atoms with Crippen molar-refractivity contribution in [3.8, 4) is 0 Å². The van der Waals surface area contributed by atoms with Crippen molar-refractivity contribution in [2.24, 2.45) is 0 Å². The molecule has 3 rings (SSSR count). The summed E-state index contributed by atoms with van der Waals surface area (Å²) in [6.45, 7) is 7.55. The van der Waals surface area contributed by atoms with Crippen molar-refractivity contribution in [3.63, 3.8) is 0 Å². The maximum Gasteiger partial charge on any atom is 0.285 e. The number of hydrogen-bond donors (Lipinski definition) is 1. The number of hydrogen-bond acceptors (Lipinski definition) is 8. The summed E-state index contributed by atoms with van der Waals surface area (Å²) in [5.74, 6) is 1.13. The first-order valence-corrected chi connectivity index (χ1v) is 10.9. The van der Waals surface area contributed by atoms with E-state index in [2.05, 4.69) is 34.3 Å². The zero-order chi connectivity index (χ0) is 20.7. The molecule has 164 valence electrons. The van der Waals surface area contributed by atoms with Gasteiger partial charge in [0, 0.05) is 31.7 Å². The summed E-state index contributed by atoms with van der Waals surface area (Å²) in [5.41, 5.74) is -0.154. The van der Waals surface area contributed by atoms with Gasteiger partial charge in [-0.3, -0.25) is 9.69 Å². The molecule has 1 aliphatic carbocycles. The lowest BCUT2D eigenvalue weighted by atomic mass is 9.89. The Balaban J connectivity index is 1.49. The molecule has 1 aliphatic heterocycles. The van der Waals surface area contributed by atoms with E-state index in [4.69, 9.17) is 13.9 Å². The molecule has 0 radical (unpaired) electrons. The Labute approximate surface area is 173 Å². The number of carbonyl (C=O) groups is 1. The lowest BCUT2D eigenvalue weighted by Gasteiger charge is -2.28. The highest BCUT2D eigenvalue weighted by molar-refractivity contribution is 5.96. The standard InChI is InChI=1S/C21H36N4O4/c1-21(2,14-28-15-27-3)22-11-13-25-12-7-10-17(25)18(26)20-24-23-19(29-20)16-8-5-4-6-9-16/h16-17,22H,4-15H2,1-3H3. The third kappa shape index (κ3) is 6.31. The molecule has 1 unspecified atom stereocenters. The fourth-order valence-corrected chi connectivity index (χ4v) is 4.35. The minimum Gasteiger partial charge on any atom is -0.418 e. The van der Waals surface area contributed by atoms with Gasteiger partial charge in [0.05, 0.1) is 12.6 Å². The highest BCUT2D eigenvalue weighted by Gasteiger charge is 2.35. The number of Topliss-reactive ketones (excluding diaryl/α,β-unsaturated/α-hetero) is 1. The lowest BCUT2D eigenvalue weighted by molar-refractivity contribution is -0.0487. The number of rotatable bonds is 11. The maximum atomic E-state index is 13.0. The molecule has 2 aliphatic rings. The first-order valence-electron chi connectivity index (χ1n) is 10.9. The summed E-state index contributed by atoms with van der Waals surface area (Å²) in [7, 11) is 1.62. The number of likely N-dealkylation sites (tertiary alicyclic amines) is 1. The van der Waals surface area contributed by atoms with Crippen molar-refractivity contribution in [3.05, 3.63) is 11.8 Å². The van der Waals surface area contributed by atoms with E-state index in [1.54, 1.807) is 7.11 Å². The molecule has 0 spiro atoms. The third-order valence-corrected chi connectivity index (χ3v) is 5.94. The molecule has 0 bridgehead atoms. The van der Waals surface area contributed by atoms with E-state index in [0.29, 0.717) is 25.2 Å². The van der Waals surface area contributed by atoms with Crippen molar-refractivity contribution >= 4 is 5.78 Å². The van der Waals surface area contributed by atoms with Crippen LogP contribution < -0.4 is 5.32 Å². The molecular formula is C21H36N4O4. The molecule has 0 aromatic carbocycles. The van der Waals surface area contributed by atoms with Crippen LogP contribution in [0.4, 0.5) is 0 Å². The van der Waals surface area contributed by atoms with Crippen LogP contribution in [0.1, 0.15) is 81.3 Å². The van der Waals surface area contributed by atoms with Crippen LogP contribution in [0, 0.1) is 0 Å². The molecular weight excluding hydrogens is 372 g/mol. The smallest absolute Gasteiger partial charge is 0.285 e. The molecule has 0 amide bonds. The van der Waals surface area contributed by atoms with Gasteiger partial charge in [-0.1, -0.05) is 19.3 Å². The van der Waals surface area contributed by atoms with Gasteiger partial charge in [0.15, 0.2) is 0 Å². The Bertz CT molecular complexity index is 642. The summed E-state index contributed by atoms with van der Waals surface area (Å²) in [5, 5.41) is 11.8. The predicted molar refractivity (Wildman–Crippen MR) is 109 cm³/mol. The van der Waals surface area contributed by atoms with E-state index in [-0.39, 0.29) is 23.3 Å². The van der Waals surface area contributed by atoms with E-state index >= 15 is 0 Å². The normalized spacial score (nSPS) is 21.7. The van der Waals surface area contributed by atoms with Crippen LogP contribution in [0.15, 0.2) is 4.42 Å². The second kappa shape index (κ2) is 10.6. The Kier molecular flexibility index (Phi) is 8.17. The van der Waals surface area contributed by atoms with E-state index < -0.39 is 0 Å². The van der Waals surface area contributed by atoms with Crippen LogP contribution in [0.2, 0.25) is 0 Å². The number of ketones is 1. The monoisotopic (exact) mass is 408 g/mol. The summed E-state index contributed by atoms with van der Waals surface area (Å²) in [6.07, 6.45) is 7.71. The van der Waals surface area contributed by atoms with Gasteiger partial charge in [0.25, 0.3) is 5.89 Å². The topological polar surface area (TPSA) is 89.7 Å². The first kappa shape index (κ1) is 22.3. The number of ether oxygens (including phenoxy) is 2. The van der Waals surface area contributed by atoms with Crippen LogP contribution in [-0.4, -0.2) is 72.6 Å². The zero-order valence-corrected chi connectivity index (χ0v) is 18.1. The molecule has 8 heteroatoms. The molecule has 1 atom stereocenters. The van der Waals surface area contributed by atoms with Crippen LogP contribution in [0.5, 0.6) is 0 Å². The van der Waals surface area contributed by atoms with Crippen molar-refractivity contribution < 1.29 is 18.7 Å². The van der Waals surface area contributed by atoms with Gasteiger partial charge in [-0.15, -0.1) is 10.2 Å². The molecule has 1 N–H and O–H groups in total. The first-order chi connectivity index (χ1) is 14.0. The van der Waals surface area contributed by atoms with E-state index in [1.807, 2.05) is 0 Å². The van der Waals surface area contributed by atoms with Gasteiger partial charge < -0.3 is 19.2 Å². The van der Waals surface area contributed by atoms with Gasteiger partial charge in [-0.05, 0) is 46.1 Å². The Morgan fingerprint density at radius 1 is 1.21 bits per heavy atom. The van der Waals surface area contributed by atoms with E-state index in [9.17, 15) is 4.79 Å². The number of methoxy groups -OCH3 is 1. The predicted octanol–water partition coefficient (Wildman–Crippen LogP) is 2.75. The van der Waals surface area contributed by atoms with Gasteiger partial charge >= 0.3 is 0 Å². The minimum absolute atomic E-state index is 0.0280. The second-order valence-electron chi connectivity index (χ2n) is 8.90. The van der Waals surface area contributed by atoms with Crippen LogP contribution >= 0.6 is 0 Å². The minimum atomic E-state index is -0.163. The second-order valence-corrected chi connectivity index (χ2v) is 8.90. The van der Waals surface area contributed by atoms with Crippen molar-refractivity contribution in [1.29, 1.82) is 0 Å². The van der Waals surface area contributed by atoms with Crippen LogP contribution in [-0.2, 0) is 9.47 Å². The average molecular weight is 409 g/mol. The number of carbonyl (C=O) groups excluding carboxylic acids is 1. The van der Waals surface area contributed by atoms with Gasteiger partial charge in [-0.2, -0.15) is 0 Å². The van der Waals surface area contributed by atoms with Crippen molar-refractivity contribution in [1.82, 2.24) is 20.4 Å². The summed E-state index contributed by atoms with van der Waals surface area (Å²) in [6, 6.07) is -0.163. The van der Waals surface area contributed by atoms with E-state index in [1.165, 1.54) is 19.3 Å². The summed E-state index contributed by atoms with van der Waals surface area (Å²) >= 11 is 0. The van der Waals surface area contributed by atoms with Gasteiger partial charge in [0.1, 0.15) is 6.79 Å². The Morgan fingerprint density at radius 3 is 2.76 bits per heavy atom. The largest absolute Gasteiger partial charge is 0.418 e. The molecule has 29 heavy (non-hydrogen) atoms. The fraction of sp³-hybridized carbons (Fsp3) is 0.857. The number of aromatic nitrogens is 2. The van der Waals surface area contributed by atoms with Gasteiger partial charge in [0.2, 0.25) is 11.7 Å². The van der Waals surface area contributed by atoms with Crippen LogP contribution in [0.25, 0.3) is 0 Å². The van der Waals surface area contributed by atoms with Crippen molar-refractivity contribution in [2.45, 2.75) is 76.3 Å². The van der Waals surface area contributed by atoms with Gasteiger partial charge in [-0.25, -0.2) is 0 Å². The maximum absolute atomic E-state index is 13.0. The molecule has 2 heterocycles. The summed E-state index contributed by atoms with van der Waals surface area (Å²) < 4.78 is 16.2. The zero-order valence-electron chi connectivity index (χ0n) is 18.1. The highest BCUT2D eigenvalue weighted by Crippen LogP contribution is 2.32. The molecule has 1 saturated heterocycles. The Hall–Kier alpha value is -1.35. The fourth-order valence-electron chi connectivity index (χ4n) is 4.35. The average Bonchev–Trinajstić information content (AvgIpc) is 3.38. The lowest BCUT2D eigenvalue weighted by Crippen LogP contribution is -2.48. The molecule has 8 nitrogen and oxygen atoms in total. The quantitative estimate of drug-likeness (QED) is 0.340. The summed E-state index contributed by atoms with van der Waals surface area (Å²) in [4.78, 5) is 15.2. The molecule has 1 saturated carbocycles. The molecule has 1 aromatic rings. The highest BCUT2D eigenvalue weighted by atomic mass is 16.7. The molecule has 2 fully saturated rings. The van der Waals surface area contributed by atoms with E-state index in [0.717, 1.165) is 45.3 Å².